The molecule has 106 valence electrons. The summed E-state index contributed by atoms with van der Waals surface area (Å²) in [5.41, 5.74) is 0.902. The number of benzene rings is 1. The zero-order valence-corrected chi connectivity index (χ0v) is 13.1. The minimum absolute atomic E-state index is 0.273. The van der Waals surface area contributed by atoms with Crippen molar-refractivity contribution < 1.29 is 14.6 Å². The van der Waals surface area contributed by atoms with E-state index in [2.05, 4.69) is 21.2 Å². The molecule has 2 N–H and O–H groups in total. The van der Waals surface area contributed by atoms with Gasteiger partial charge in [-0.1, -0.05) is 6.07 Å². The SMILES string of the molecule is CNC(C(=O)O)C(c1ccc(OC)c(Br)c1)N(C)C. The van der Waals surface area contributed by atoms with Crippen LogP contribution in [0.3, 0.4) is 0 Å². The number of nitrogens with zero attached hydrogens (tertiary/aromatic N) is 1. The van der Waals surface area contributed by atoms with Crippen LogP contribution in [0.15, 0.2) is 22.7 Å². The van der Waals surface area contributed by atoms with E-state index < -0.39 is 12.0 Å². The molecule has 0 bridgehead atoms. The number of halogens is 1. The van der Waals surface area contributed by atoms with E-state index in [-0.39, 0.29) is 6.04 Å². The predicted octanol–water partition coefficient (Wildman–Crippen LogP) is 1.73. The summed E-state index contributed by atoms with van der Waals surface area (Å²) in [4.78, 5) is 13.2. The molecule has 5 nitrogen and oxygen atoms in total. The van der Waals surface area contributed by atoms with Crippen molar-refractivity contribution in [3.63, 3.8) is 0 Å². The first-order chi connectivity index (χ1) is 8.92. The molecule has 1 aromatic rings. The molecule has 0 aliphatic carbocycles. The number of hydrogen-bond donors (Lipinski definition) is 2. The molecule has 0 saturated heterocycles. The van der Waals surface area contributed by atoms with E-state index in [1.807, 2.05) is 37.2 Å². The van der Waals surface area contributed by atoms with Gasteiger partial charge in [-0.3, -0.25) is 4.79 Å². The number of likely N-dealkylation sites (N-methyl/N-ethyl adjacent to an activating group) is 2. The number of aliphatic carboxylic acids is 1. The zero-order valence-electron chi connectivity index (χ0n) is 11.5. The highest BCUT2D eigenvalue weighted by Crippen LogP contribution is 2.31. The Hall–Kier alpha value is -1.11. The van der Waals surface area contributed by atoms with Gasteiger partial charge in [-0.25, -0.2) is 0 Å². The summed E-state index contributed by atoms with van der Waals surface area (Å²) in [6, 6.07) is 4.63. The molecular weight excluding hydrogens is 312 g/mol. The molecule has 0 aliphatic heterocycles. The van der Waals surface area contributed by atoms with Gasteiger partial charge < -0.3 is 20.1 Å². The number of carboxylic acids is 1. The molecule has 0 radical (unpaired) electrons. The fourth-order valence-electron chi connectivity index (χ4n) is 2.07. The molecule has 0 fully saturated rings. The minimum Gasteiger partial charge on any atom is -0.496 e. The van der Waals surface area contributed by atoms with Crippen LogP contribution in [0.25, 0.3) is 0 Å². The van der Waals surface area contributed by atoms with Gasteiger partial charge in [0.15, 0.2) is 0 Å². The van der Waals surface area contributed by atoms with Crippen molar-refractivity contribution in [2.24, 2.45) is 0 Å². The summed E-state index contributed by atoms with van der Waals surface area (Å²) < 4.78 is 5.99. The van der Waals surface area contributed by atoms with E-state index in [0.29, 0.717) is 0 Å². The second-order valence-electron chi connectivity index (χ2n) is 4.41. The summed E-state index contributed by atoms with van der Waals surface area (Å²) in [5.74, 6) is -0.161. The molecule has 0 amide bonds. The molecule has 1 aromatic carbocycles. The van der Waals surface area contributed by atoms with Crippen LogP contribution >= 0.6 is 15.9 Å². The fourth-order valence-corrected chi connectivity index (χ4v) is 2.63. The molecule has 2 unspecified atom stereocenters. The molecule has 2 atom stereocenters. The van der Waals surface area contributed by atoms with Gasteiger partial charge >= 0.3 is 5.97 Å². The number of rotatable bonds is 6. The van der Waals surface area contributed by atoms with Crippen molar-refractivity contribution in [2.45, 2.75) is 12.1 Å². The third-order valence-electron chi connectivity index (χ3n) is 2.97. The molecule has 0 aromatic heterocycles. The first-order valence-corrected chi connectivity index (χ1v) is 6.61. The Morgan fingerprint density at radius 2 is 2.11 bits per heavy atom. The molecular formula is C13H19BrN2O3. The van der Waals surface area contributed by atoms with Crippen molar-refractivity contribution >= 4 is 21.9 Å². The second-order valence-corrected chi connectivity index (χ2v) is 5.26. The minimum atomic E-state index is -0.881. The number of nitrogens with one attached hydrogen (secondary N) is 1. The molecule has 19 heavy (non-hydrogen) atoms. The molecule has 6 heteroatoms. The van der Waals surface area contributed by atoms with E-state index in [4.69, 9.17) is 4.74 Å². The second kappa shape index (κ2) is 6.88. The molecule has 0 saturated carbocycles. The lowest BCUT2D eigenvalue weighted by Crippen LogP contribution is -2.45. The van der Waals surface area contributed by atoms with Crippen molar-refractivity contribution in [3.8, 4) is 5.75 Å². The lowest BCUT2D eigenvalue weighted by atomic mass is 9.98. The number of carboxylic acid groups (broad SMARTS) is 1. The quantitative estimate of drug-likeness (QED) is 0.831. The normalized spacial score (nSPS) is 14.2. The average Bonchev–Trinajstić information content (AvgIpc) is 2.34. The summed E-state index contributed by atoms with van der Waals surface area (Å²) in [7, 11) is 6.96. The van der Waals surface area contributed by atoms with Crippen molar-refractivity contribution in [1.29, 1.82) is 0 Å². The maximum absolute atomic E-state index is 11.3. The highest BCUT2D eigenvalue weighted by atomic mass is 79.9. The Balaban J connectivity index is 3.19. The van der Waals surface area contributed by atoms with Crippen LogP contribution in [0.5, 0.6) is 5.75 Å². The summed E-state index contributed by atoms with van der Waals surface area (Å²) >= 11 is 3.42. The van der Waals surface area contributed by atoms with Gasteiger partial charge in [-0.05, 0) is 54.8 Å². The number of hydrogen-bond acceptors (Lipinski definition) is 4. The summed E-state index contributed by atoms with van der Waals surface area (Å²) in [5, 5.41) is 12.1. The van der Waals surface area contributed by atoms with E-state index in [9.17, 15) is 9.90 Å². The summed E-state index contributed by atoms with van der Waals surface area (Å²) in [6.07, 6.45) is 0. The zero-order chi connectivity index (χ0) is 14.6. The number of ether oxygens (including phenoxy) is 1. The highest BCUT2D eigenvalue weighted by Gasteiger charge is 2.30. The van der Waals surface area contributed by atoms with Crippen LogP contribution in [-0.4, -0.2) is 50.3 Å². The smallest absolute Gasteiger partial charge is 0.322 e. The van der Waals surface area contributed by atoms with Gasteiger partial charge in [0.05, 0.1) is 17.6 Å². The monoisotopic (exact) mass is 330 g/mol. The van der Waals surface area contributed by atoms with Gasteiger partial charge in [0.2, 0.25) is 0 Å². The molecule has 0 spiro atoms. The predicted molar refractivity (Wildman–Crippen MR) is 77.6 cm³/mol. The van der Waals surface area contributed by atoms with Crippen molar-refractivity contribution in [3.05, 3.63) is 28.2 Å². The Labute approximate surface area is 121 Å². The van der Waals surface area contributed by atoms with E-state index >= 15 is 0 Å². The first kappa shape index (κ1) is 15.9. The van der Waals surface area contributed by atoms with Gasteiger partial charge in [0.1, 0.15) is 11.8 Å². The highest BCUT2D eigenvalue weighted by molar-refractivity contribution is 9.10. The van der Waals surface area contributed by atoms with E-state index in [0.717, 1.165) is 15.8 Å². The van der Waals surface area contributed by atoms with Crippen LogP contribution in [-0.2, 0) is 4.79 Å². The van der Waals surface area contributed by atoms with Crippen molar-refractivity contribution in [1.82, 2.24) is 10.2 Å². The molecule has 0 aliphatic rings. The number of methoxy groups -OCH3 is 1. The van der Waals surface area contributed by atoms with Crippen LogP contribution in [0.4, 0.5) is 0 Å². The van der Waals surface area contributed by atoms with Crippen molar-refractivity contribution in [2.75, 3.05) is 28.3 Å². The van der Waals surface area contributed by atoms with E-state index in [1.165, 1.54) is 0 Å². The van der Waals surface area contributed by atoms with Crippen LogP contribution in [0.2, 0.25) is 0 Å². The van der Waals surface area contributed by atoms with Crippen LogP contribution in [0.1, 0.15) is 11.6 Å². The maximum Gasteiger partial charge on any atom is 0.322 e. The Morgan fingerprint density at radius 1 is 1.47 bits per heavy atom. The van der Waals surface area contributed by atoms with Gasteiger partial charge in [0.25, 0.3) is 0 Å². The molecule has 1 rings (SSSR count). The Morgan fingerprint density at radius 3 is 2.47 bits per heavy atom. The maximum atomic E-state index is 11.3. The fraction of sp³-hybridized carbons (Fsp3) is 0.462. The lowest BCUT2D eigenvalue weighted by Gasteiger charge is -2.30. The largest absolute Gasteiger partial charge is 0.496 e. The van der Waals surface area contributed by atoms with Crippen LogP contribution < -0.4 is 10.1 Å². The average molecular weight is 331 g/mol. The molecule has 0 heterocycles. The Kier molecular flexibility index (Phi) is 5.78. The first-order valence-electron chi connectivity index (χ1n) is 5.82. The van der Waals surface area contributed by atoms with Gasteiger partial charge in [-0.2, -0.15) is 0 Å². The third-order valence-corrected chi connectivity index (χ3v) is 3.59. The third kappa shape index (κ3) is 3.68. The van der Waals surface area contributed by atoms with Gasteiger partial charge in [0, 0.05) is 0 Å². The standard InChI is InChI=1S/C13H19BrN2O3/c1-15-11(13(17)18)12(16(2)3)8-5-6-10(19-4)9(14)7-8/h5-7,11-12,15H,1-4H3,(H,17,18). The van der Waals surface area contributed by atoms with Crippen LogP contribution in [0, 0.1) is 0 Å². The topological polar surface area (TPSA) is 61.8 Å². The van der Waals surface area contributed by atoms with Gasteiger partial charge in [-0.15, -0.1) is 0 Å². The lowest BCUT2D eigenvalue weighted by molar-refractivity contribution is -0.141. The van der Waals surface area contributed by atoms with E-state index in [1.54, 1.807) is 14.2 Å². The number of carbonyl (C=O) groups is 1. The Bertz CT molecular complexity index is 452. The summed E-state index contributed by atoms with van der Waals surface area (Å²) in [6.45, 7) is 0.